The second kappa shape index (κ2) is 8.85. The van der Waals surface area contributed by atoms with Gasteiger partial charge < -0.3 is 10.1 Å². The first-order chi connectivity index (χ1) is 14.2. The number of benzene rings is 2. The number of allylic oxidation sites excluding steroid dienone is 2. The van der Waals surface area contributed by atoms with Crippen LogP contribution in [0.1, 0.15) is 25.8 Å². The van der Waals surface area contributed by atoms with E-state index < -0.39 is 15.7 Å². The minimum absolute atomic E-state index is 0.0360. The first-order valence-electron chi connectivity index (χ1n) is 9.69. The number of carbonyl (C=O) groups excluding carboxylic acids is 1. The van der Waals surface area contributed by atoms with Crippen LogP contribution in [0.2, 0.25) is 0 Å². The molecule has 0 fully saturated rings. The van der Waals surface area contributed by atoms with Crippen LogP contribution in [-0.2, 0) is 14.8 Å². The monoisotopic (exact) mass is 426 g/mol. The maximum atomic E-state index is 13.1. The average molecular weight is 427 g/mol. The molecule has 1 amide bonds. The van der Waals surface area contributed by atoms with Crippen molar-refractivity contribution < 1.29 is 17.9 Å². The maximum absolute atomic E-state index is 13.1. The lowest BCUT2D eigenvalue weighted by atomic mass is 9.87. The van der Waals surface area contributed by atoms with E-state index in [1.807, 2.05) is 50.2 Å². The van der Waals surface area contributed by atoms with Crippen molar-refractivity contribution in [2.45, 2.75) is 32.0 Å². The maximum Gasteiger partial charge on any atom is 0.248 e. The smallest absolute Gasteiger partial charge is 0.248 e. The first kappa shape index (κ1) is 21.8. The highest BCUT2D eigenvalue weighted by atomic mass is 32.2. The zero-order valence-corrected chi connectivity index (χ0v) is 18.1. The van der Waals surface area contributed by atoms with Gasteiger partial charge >= 0.3 is 0 Å². The van der Waals surface area contributed by atoms with Gasteiger partial charge in [0.25, 0.3) is 0 Å². The van der Waals surface area contributed by atoms with Crippen molar-refractivity contribution in [3.05, 3.63) is 84.0 Å². The Morgan fingerprint density at radius 1 is 1.03 bits per heavy atom. The van der Waals surface area contributed by atoms with E-state index in [0.717, 1.165) is 17.4 Å². The van der Waals surface area contributed by atoms with Crippen molar-refractivity contribution in [1.29, 1.82) is 0 Å². The Labute approximate surface area is 177 Å². The molecule has 0 spiro atoms. The quantitative estimate of drug-likeness (QED) is 0.666. The Kier molecular flexibility index (Phi) is 6.43. The van der Waals surface area contributed by atoms with Gasteiger partial charge in [-0.25, -0.2) is 8.42 Å². The van der Waals surface area contributed by atoms with Gasteiger partial charge in [-0.3, -0.25) is 4.79 Å². The van der Waals surface area contributed by atoms with E-state index in [9.17, 15) is 13.2 Å². The Morgan fingerprint density at radius 2 is 1.63 bits per heavy atom. The zero-order valence-electron chi connectivity index (χ0n) is 17.3. The van der Waals surface area contributed by atoms with E-state index in [4.69, 9.17) is 4.74 Å². The summed E-state index contributed by atoms with van der Waals surface area (Å²) in [6.07, 6.45) is 4.51. The van der Waals surface area contributed by atoms with Gasteiger partial charge in [0.2, 0.25) is 15.9 Å². The number of sulfonamides is 1. The summed E-state index contributed by atoms with van der Waals surface area (Å²) in [5.41, 5.74) is 0.632. The third-order valence-electron chi connectivity index (χ3n) is 4.46. The van der Waals surface area contributed by atoms with Gasteiger partial charge in [0.1, 0.15) is 5.75 Å². The first-order valence-corrected chi connectivity index (χ1v) is 11.6. The van der Waals surface area contributed by atoms with Crippen LogP contribution in [0, 0.1) is 0 Å². The normalized spacial score (nSPS) is 19.1. The molecule has 0 aliphatic heterocycles. The van der Waals surface area contributed by atoms with Crippen LogP contribution in [-0.4, -0.2) is 32.3 Å². The largest absolute Gasteiger partial charge is 0.468 e. The highest BCUT2D eigenvalue weighted by molar-refractivity contribution is 7.88. The van der Waals surface area contributed by atoms with Gasteiger partial charge in [-0.15, -0.1) is 0 Å². The van der Waals surface area contributed by atoms with Crippen molar-refractivity contribution in [1.82, 2.24) is 10.0 Å². The highest BCUT2D eigenvalue weighted by Crippen LogP contribution is 2.35. The molecule has 2 aromatic rings. The second-order valence-corrected chi connectivity index (χ2v) is 9.32. The van der Waals surface area contributed by atoms with Gasteiger partial charge in [-0.05, 0) is 43.2 Å². The molecule has 2 N–H and O–H groups in total. The average Bonchev–Trinajstić information content (AvgIpc) is 2.67. The number of para-hydroxylation sites is 1. The Balaban J connectivity index is 2.08. The molecule has 0 aromatic heterocycles. The molecular weight excluding hydrogens is 400 g/mol. The number of ether oxygens (including phenoxy) is 1. The van der Waals surface area contributed by atoms with Gasteiger partial charge in [-0.2, -0.15) is 4.72 Å². The minimum Gasteiger partial charge on any atom is -0.468 e. The van der Waals surface area contributed by atoms with Crippen LogP contribution in [0.25, 0.3) is 5.57 Å². The van der Waals surface area contributed by atoms with E-state index in [-0.39, 0.29) is 18.4 Å². The van der Waals surface area contributed by atoms with E-state index >= 15 is 0 Å². The van der Waals surface area contributed by atoms with Crippen molar-refractivity contribution in [2.24, 2.45) is 0 Å². The molecule has 1 aliphatic carbocycles. The third-order valence-corrected chi connectivity index (χ3v) is 5.18. The number of amides is 1. The van der Waals surface area contributed by atoms with Crippen LogP contribution in [0.15, 0.2) is 78.4 Å². The fourth-order valence-electron chi connectivity index (χ4n) is 3.35. The number of hydrogen-bond acceptors (Lipinski definition) is 4. The molecule has 0 heterocycles. The molecule has 6 nitrogen and oxygen atoms in total. The number of carbonyl (C=O) groups is 1. The van der Waals surface area contributed by atoms with Crippen LogP contribution >= 0.6 is 0 Å². The molecule has 2 aromatic carbocycles. The highest BCUT2D eigenvalue weighted by Gasteiger charge is 2.39. The predicted octanol–water partition coefficient (Wildman–Crippen LogP) is 3.25. The lowest BCUT2D eigenvalue weighted by molar-refractivity contribution is -0.118. The summed E-state index contributed by atoms with van der Waals surface area (Å²) in [5.74, 6) is 0.231. The van der Waals surface area contributed by atoms with E-state index in [2.05, 4.69) is 10.0 Å². The summed E-state index contributed by atoms with van der Waals surface area (Å²) >= 11 is 0. The molecular formula is C23H26N2O4S. The Hall–Kier alpha value is -2.90. The van der Waals surface area contributed by atoms with Crippen LogP contribution in [0.3, 0.4) is 0 Å². The van der Waals surface area contributed by atoms with Gasteiger partial charge in [0.05, 0.1) is 6.26 Å². The number of rotatable bonds is 7. The molecule has 3 rings (SSSR count). The predicted molar refractivity (Wildman–Crippen MR) is 118 cm³/mol. The zero-order chi connectivity index (χ0) is 21.8. The van der Waals surface area contributed by atoms with Gasteiger partial charge in [-0.1, -0.05) is 54.6 Å². The summed E-state index contributed by atoms with van der Waals surface area (Å²) in [6, 6.07) is 18.4. The van der Waals surface area contributed by atoms with Crippen molar-refractivity contribution in [3.8, 4) is 5.75 Å². The van der Waals surface area contributed by atoms with Crippen LogP contribution in [0.4, 0.5) is 0 Å². The Bertz CT molecular complexity index is 1060. The topological polar surface area (TPSA) is 84.5 Å². The van der Waals surface area contributed by atoms with E-state index in [1.54, 1.807) is 36.4 Å². The molecule has 158 valence electrons. The van der Waals surface area contributed by atoms with E-state index in [1.165, 1.54) is 0 Å². The fourth-order valence-corrected chi connectivity index (χ4v) is 4.16. The standard InChI is InChI=1S/C23H26N2O4S/c1-17(2)24-22(26)21-16-23(25-30(3,27)28,29-19-12-8-5-9-13-19)15-14-20(21)18-10-6-4-7-11-18/h4-15,17,25H,16H2,1-3H3,(H,24,26). The number of nitrogens with one attached hydrogen (secondary N) is 2. The molecule has 0 saturated heterocycles. The van der Waals surface area contributed by atoms with Crippen molar-refractivity contribution in [3.63, 3.8) is 0 Å². The van der Waals surface area contributed by atoms with E-state index in [0.29, 0.717) is 11.3 Å². The molecule has 30 heavy (non-hydrogen) atoms. The van der Waals surface area contributed by atoms with Crippen LogP contribution < -0.4 is 14.8 Å². The molecule has 0 saturated carbocycles. The number of hydrogen-bond donors (Lipinski definition) is 2. The molecule has 0 radical (unpaired) electrons. The minimum atomic E-state index is -3.64. The molecule has 0 bridgehead atoms. The summed E-state index contributed by atoms with van der Waals surface area (Å²) in [7, 11) is -3.64. The lowest BCUT2D eigenvalue weighted by Crippen LogP contribution is -2.53. The summed E-state index contributed by atoms with van der Waals surface area (Å²) in [4.78, 5) is 13.1. The van der Waals surface area contributed by atoms with Gasteiger partial charge in [0.15, 0.2) is 5.72 Å². The van der Waals surface area contributed by atoms with Crippen molar-refractivity contribution >= 4 is 21.5 Å². The third kappa shape index (κ3) is 5.58. The van der Waals surface area contributed by atoms with Crippen LogP contribution in [0.5, 0.6) is 5.75 Å². The molecule has 1 unspecified atom stereocenters. The fraction of sp³-hybridized carbons (Fsp3) is 0.261. The molecule has 1 atom stereocenters. The Morgan fingerprint density at radius 3 is 2.20 bits per heavy atom. The molecule has 7 heteroatoms. The molecule has 1 aliphatic rings. The lowest BCUT2D eigenvalue weighted by Gasteiger charge is -2.35. The summed E-state index contributed by atoms with van der Waals surface area (Å²) < 4.78 is 33.0. The summed E-state index contributed by atoms with van der Waals surface area (Å²) in [5, 5.41) is 2.91. The SMILES string of the molecule is CC(C)NC(=O)C1=C(c2ccccc2)C=CC(NS(C)(=O)=O)(Oc2ccccc2)C1. The van der Waals surface area contributed by atoms with Gasteiger partial charge in [0, 0.05) is 18.0 Å². The second-order valence-electron chi connectivity index (χ2n) is 7.58. The summed E-state index contributed by atoms with van der Waals surface area (Å²) in [6.45, 7) is 3.75. The van der Waals surface area contributed by atoms with Crippen molar-refractivity contribution in [2.75, 3.05) is 6.26 Å².